The Balaban J connectivity index is 2.12. The Morgan fingerprint density at radius 2 is 2.25 bits per heavy atom. The van der Waals surface area contributed by atoms with Crippen molar-refractivity contribution in [1.82, 2.24) is 0 Å². The van der Waals surface area contributed by atoms with Gasteiger partial charge in [0.2, 0.25) is 5.79 Å². The zero-order valence-electron chi connectivity index (χ0n) is 10.5. The predicted octanol–water partition coefficient (Wildman–Crippen LogP) is 3.03. The summed E-state index contributed by atoms with van der Waals surface area (Å²) >= 11 is 0. The SMILES string of the molecule is CCCC1(C)OC2(CCCC(C)C2)OC1=O. The van der Waals surface area contributed by atoms with Crippen LogP contribution in [0, 0.1) is 5.92 Å². The van der Waals surface area contributed by atoms with E-state index in [1.54, 1.807) is 0 Å². The van der Waals surface area contributed by atoms with Gasteiger partial charge in [-0.1, -0.05) is 26.7 Å². The molecule has 1 saturated heterocycles. The molecule has 2 fully saturated rings. The molecule has 0 bridgehead atoms. The van der Waals surface area contributed by atoms with Crippen LogP contribution in [0.3, 0.4) is 0 Å². The summed E-state index contributed by atoms with van der Waals surface area (Å²) in [4.78, 5) is 11.9. The fourth-order valence-corrected chi connectivity index (χ4v) is 3.02. The summed E-state index contributed by atoms with van der Waals surface area (Å²) in [7, 11) is 0. The molecule has 3 heteroatoms. The number of hydrogen-bond donors (Lipinski definition) is 0. The Labute approximate surface area is 97.5 Å². The van der Waals surface area contributed by atoms with Crippen molar-refractivity contribution in [2.45, 2.75) is 70.7 Å². The lowest BCUT2D eigenvalue weighted by Gasteiger charge is -2.35. The molecule has 1 saturated carbocycles. The summed E-state index contributed by atoms with van der Waals surface area (Å²) in [6, 6.07) is 0. The third-order valence-electron chi connectivity index (χ3n) is 3.76. The molecule has 2 rings (SSSR count). The van der Waals surface area contributed by atoms with Gasteiger partial charge in [0.05, 0.1) is 0 Å². The minimum Gasteiger partial charge on any atom is -0.431 e. The molecular formula is C13H22O3. The molecule has 16 heavy (non-hydrogen) atoms. The fraction of sp³-hybridized carbons (Fsp3) is 0.923. The van der Waals surface area contributed by atoms with E-state index in [0.717, 1.165) is 32.1 Å². The zero-order valence-corrected chi connectivity index (χ0v) is 10.5. The largest absolute Gasteiger partial charge is 0.431 e. The number of carbonyl (C=O) groups excluding carboxylic acids is 1. The van der Waals surface area contributed by atoms with E-state index in [-0.39, 0.29) is 5.97 Å². The van der Waals surface area contributed by atoms with Crippen LogP contribution >= 0.6 is 0 Å². The Morgan fingerprint density at radius 1 is 1.50 bits per heavy atom. The molecular weight excluding hydrogens is 204 g/mol. The molecule has 0 N–H and O–H groups in total. The van der Waals surface area contributed by atoms with Crippen molar-refractivity contribution in [3.05, 3.63) is 0 Å². The van der Waals surface area contributed by atoms with Crippen LogP contribution in [0.4, 0.5) is 0 Å². The number of ether oxygens (including phenoxy) is 2. The van der Waals surface area contributed by atoms with Crippen molar-refractivity contribution in [1.29, 1.82) is 0 Å². The molecule has 1 heterocycles. The Hall–Kier alpha value is -0.570. The lowest BCUT2D eigenvalue weighted by Crippen LogP contribution is -2.39. The summed E-state index contributed by atoms with van der Waals surface area (Å²) < 4.78 is 11.6. The van der Waals surface area contributed by atoms with Crippen molar-refractivity contribution < 1.29 is 14.3 Å². The van der Waals surface area contributed by atoms with Gasteiger partial charge in [-0.3, -0.25) is 0 Å². The smallest absolute Gasteiger partial charge is 0.340 e. The van der Waals surface area contributed by atoms with Gasteiger partial charge in [-0.05, 0) is 25.7 Å². The zero-order chi connectivity index (χ0) is 11.8. The van der Waals surface area contributed by atoms with Crippen LogP contribution in [0.25, 0.3) is 0 Å². The van der Waals surface area contributed by atoms with Crippen molar-refractivity contribution in [3.63, 3.8) is 0 Å². The first-order valence-electron chi connectivity index (χ1n) is 6.43. The standard InChI is InChI=1S/C13H22O3/c1-4-7-12(3)11(14)15-13(16-12)8-5-6-10(2)9-13/h10H,4-9H2,1-3H3. The van der Waals surface area contributed by atoms with Gasteiger partial charge < -0.3 is 9.47 Å². The van der Waals surface area contributed by atoms with Gasteiger partial charge in [0, 0.05) is 12.8 Å². The van der Waals surface area contributed by atoms with Crippen molar-refractivity contribution in [2.75, 3.05) is 0 Å². The highest BCUT2D eigenvalue weighted by Gasteiger charge is 2.55. The van der Waals surface area contributed by atoms with Crippen LogP contribution in [0.15, 0.2) is 0 Å². The Bertz CT molecular complexity index is 289. The van der Waals surface area contributed by atoms with E-state index < -0.39 is 11.4 Å². The number of hydrogen-bond acceptors (Lipinski definition) is 3. The molecule has 0 aromatic heterocycles. The average molecular weight is 226 g/mol. The van der Waals surface area contributed by atoms with E-state index in [4.69, 9.17) is 9.47 Å². The topological polar surface area (TPSA) is 35.5 Å². The molecule has 1 aliphatic carbocycles. The number of carbonyl (C=O) groups is 1. The van der Waals surface area contributed by atoms with E-state index in [0.29, 0.717) is 5.92 Å². The van der Waals surface area contributed by atoms with Gasteiger partial charge in [0.1, 0.15) is 0 Å². The first-order valence-corrected chi connectivity index (χ1v) is 6.43. The van der Waals surface area contributed by atoms with Gasteiger partial charge >= 0.3 is 5.97 Å². The summed E-state index contributed by atoms with van der Waals surface area (Å²) in [5.41, 5.74) is -0.703. The summed E-state index contributed by atoms with van der Waals surface area (Å²) in [6.45, 7) is 6.14. The van der Waals surface area contributed by atoms with Crippen molar-refractivity contribution in [3.8, 4) is 0 Å². The molecule has 0 aromatic carbocycles. The van der Waals surface area contributed by atoms with Crippen LogP contribution in [0.2, 0.25) is 0 Å². The van der Waals surface area contributed by atoms with Crippen molar-refractivity contribution in [2.24, 2.45) is 5.92 Å². The highest BCUT2D eigenvalue weighted by Crippen LogP contribution is 2.45. The molecule has 0 amide bonds. The quantitative estimate of drug-likeness (QED) is 0.679. The highest BCUT2D eigenvalue weighted by atomic mass is 16.8. The summed E-state index contributed by atoms with van der Waals surface area (Å²) in [5, 5.41) is 0. The third-order valence-corrected chi connectivity index (χ3v) is 3.76. The second-order valence-corrected chi connectivity index (χ2v) is 5.58. The van der Waals surface area contributed by atoms with E-state index in [1.165, 1.54) is 6.42 Å². The van der Waals surface area contributed by atoms with Crippen LogP contribution in [-0.4, -0.2) is 17.4 Å². The van der Waals surface area contributed by atoms with Gasteiger partial charge in [-0.15, -0.1) is 0 Å². The maximum atomic E-state index is 11.9. The van der Waals surface area contributed by atoms with E-state index in [2.05, 4.69) is 13.8 Å². The van der Waals surface area contributed by atoms with E-state index >= 15 is 0 Å². The van der Waals surface area contributed by atoms with Crippen LogP contribution < -0.4 is 0 Å². The first-order chi connectivity index (χ1) is 7.50. The Morgan fingerprint density at radius 3 is 2.88 bits per heavy atom. The minimum atomic E-state index is -0.703. The monoisotopic (exact) mass is 226 g/mol. The molecule has 1 aliphatic heterocycles. The third kappa shape index (κ3) is 1.97. The molecule has 3 atom stereocenters. The van der Waals surface area contributed by atoms with Crippen LogP contribution in [0.1, 0.15) is 59.3 Å². The van der Waals surface area contributed by atoms with Crippen molar-refractivity contribution >= 4 is 5.97 Å². The maximum Gasteiger partial charge on any atom is 0.340 e. The van der Waals surface area contributed by atoms with Gasteiger partial charge in [-0.2, -0.15) is 0 Å². The van der Waals surface area contributed by atoms with Gasteiger partial charge in [-0.25, -0.2) is 4.79 Å². The maximum absolute atomic E-state index is 11.9. The molecule has 3 unspecified atom stereocenters. The normalized spacial score (nSPS) is 43.7. The second-order valence-electron chi connectivity index (χ2n) is 5.58. The number of rotatable bonds is 2. The molecule has 1 spiro atoms. The second kappa shape index (κ2) is 4.02. The molecule has 0 radical (unpaired) electrons. The molecule has 0 aromatic rings. The fourth-order valence-electron chi connectivity index (χ4n) is 3.02. The van der Waals surface area contributed by atoms with E-state index in [1.807, 2.05) is 6.92 Å². The molecule has 2 aliphatic rings. The highest BCUT2D eigenvalue weighted by molar-refractivity contribution is 5.81. The first kappa shape index (κ1) is 11.9. The number of esters is 1. The minimum absolute atomic E-state index is 0.163. The van der Waals surface area contributed by atoms with E-state index in [9.17, 15) is 4.79 Å². The van der Waals surface area contributed by atoms with Crippen LogP contribution in [0.5, 0.6) is 0 Å². The predicted molar refractivity (Wildman–Crippen MR) is 60.9 cm³/mol. The average Bonchev–Trinajstić information content (AvgIpc) is 2.38. The molecule has 92 valence electrons. The summed E-state index contributed by atoms with van der Waals surface area (Å²) in [6.07, 6.45) is 5.73. The van der Waals surface area contributed by atoms with Gasteiger partial charge in [0.25, 0.3) is 0 Å². The molecule has 3 nitrogen and oxygen atoms in total. The van der Waals surface area contributed by atoms with Gasteiger partial charge in [0.15, 0.2) is 5.60 Å². The lowest BCUT2D eigenvalue weighted by molar-refractivity contribution is -0.210. The summed E-state index contributed by atoms with van der Waals surface area (Å²) in [5.74, 6) is -0.174. The van der Waals surface area contributed by atoms with Crippen LogP contribution in [-0.2, 0) is 14.3 Å². The Kier molecular flexibility index (Phi) is 2.99. The lowest BCUT2D eigenvalue weighted by atomic mass is 9.86.